The van der Waals surface area contributed by atoms with E-state index in [1.54, 1.807) is 4.90 Å². The molecule has 0 spiro atoms. The average Bonchev–Trinajstić information content (AvgIpc) is 2.45. The molecule has 1 unspecified atom stereocenters. The Balaban J connectivity index is 2.99. The van der Waals surface area contributed by atoms with E-state index in [9.17, 15) is 9.59 Å². The Hall–Kier alpha value is -1.84. The molecule has 0 aliphatic carbocycles. The molecule has 0 aliphatic rings. The Morgan fingerprint density at radius 2 is 1.91 bits per heavy atom. The molecule has 1 aromatic carbocycles. The second kappa shape index (κ2) is 8.57. The summed E-state index contributed by atoms with van der Waals surface area (Å²) in [6.45, 7) is 10.1. The molecule has 2 amide bonds. The summed E-state index contributed by atoms with van der Waals surface area (Å²) in [6, 6.07) is 7.71. The fourth-order valence-corrected chi connectivity index (χ4v) is 2.51. The topological polar surface area (TPSA) is 49.4 Å². The zero-order chi connectivity index (χ0) is 16.7. The lowest BCUT2D eigenvalue weighted by atomic mass is 10.1. The van der Waals surface area contributed by atoms with E-state index in [2.05, 4.69) is 11.4 Å². The lowest BCUT2D eigenvalue weighted by Crippen LogP contribution is -2.50. The maximum Gasteiger partial charge on any atom is 0.243 e. The number of nitrogens with zero attached hydrogens (tertiary/aromatic N) is 1. The molecule has 0 saturated heterocycles. The van der Waals surface area contributed by atoms with Crippen LogP contribution in [0.5, 0.6) is 0 Å². The Morgan fingerprint density at radius 1 is 1.23 bits per heavy atom. The minimum Gasteiger partial charge on any atom is -0.352 e. The van der Waals surface area contributed by atoms with E-state index < -0.39 is 6.04 Å². The van der Waals surface area contributed by atoms with E-state index in [-0.39, 0.29) is 17.9 Å². The number of amides is 2. The SMILES string of the molecule is CCC(=O)N(Cc1cccc(C)c1)C(CC)C(=O)NC(C)C. The zero-order valence-corrected chi connectivity index (χ0v) is 14.3. The van der Waals surface area contributed by atoms with Gasteiger partial charge in [0.05, 0.1) is 0 Å². The summed E-state index contributed by atoms with van der Waals surface area (Å²) in [6.07, 6.45) is 1.01. The van der Waals surface area contributed by atoms with Gasteiger partial charge in [0.15, 0.2) is 0 Å². The van der Waals surface area contributed by atoms with Crippen LogP contribution in [0.3, 0.4) is 0 Å². The molecule has 0 fully saturated rings. The molecular formula is C18H28N2O2. The van der Waals surface area contributed by atoms with Crippen LogP contribution in [0, 0.1) is 6.92 Å². The number of aryl methyl sites for hydroxylation is 1. The number of hydrogen-bond acceptors (Lipinski definition) is 2. The minimum atomic E-state index is -0.421. The molecule has 0 aliphatic heterocycles. The Morgan fingerprint density at radius 3 is 2.41 bits per heavy atom. The molecule has 0 bridgehead atoms. The molecule has 122 valence electrons. The lowest BCUT2D eigenvalue weighted by molar-refractivity contribution is -0.141. The van der Waals surface area contributed by atoms with Crippen molar-refractivity contribution in [3.05, 3.63) is 35.4 Å². The molecule has 1 atom stereocenters. The molecule has 0 heterocycles. The van der Waals surface area contributed by atoms with Gasteiger partial charge in [0.1, 0.15) is 6.04 Å². The van der Waals surface area contributed by atoms with Crippen LogP contribution in [0.1, 0.15) is 51.7 Å². The van der Waals surface area contributed by atoms with Crippen LogP contribution in [-0.4, -0.2) is 28.8 Å². The van der Waals surface area contributed by atoms with Gasteiger partial charge in [0.2, 0.25) is 11.8 Å². The second-order valence-corrected chi connectivity index (χ2v) is 5.95. The highest BCUT2D eigenvalue weighted by Crippen LogP contribution is 2.14. The molecule has 1 aromatic rings. The van der Waals surface area contributed by atoms with Gasteiger partial charge >= 0.3 is 0 Å². The van der Waals surface area contributed by atoms with Crippen molar-refractivity contribution in [1.82, 2.24) is 10.2 Å². The van der Waals surface area contributed by atoms with Gasteiger partial charge in [-0.2, -0.15) is 0 Å². The van der Waals surface area contributed by atoms with Crippen molar-refractivity contribution in [2.45, 2.75) is 66.1 Å². The predicted molar refractivity (Wildman–Crippen MR) is 89.4 cm³/mol. The smallest absolute Gasteiger partial charge is 0.243 e. The van der Waals surface area contributed by atoms with Gasteiger partial charge in [-0.25, -0.2) is 0 Å². The molecule has 22 heavy (non-hydrogen) atoms. The fraction of sp³-hybridized carbons (Fsp3) is 0.556. The van der Waals surface area contributed by atoms with E-state index in [1.165, 1.54) is 0 Å². The average molecular weight is 304 g/mol. The highest BCUT2D eigenvalue weighted by molar-refractivity contribution is 5.87. The zero-order valence-electron chi connectivity index (χ0n) is 14.3. The molecular weight excluding hydrogens is 276 g/mol. The van der Waals surface area contributed by atoms with Crippen molar-refractivity contribution in [1.29, 1.82) is 0 Å². The normalized spacial score (nSPS) is 12.1. The molecule has 4 nitrogen and oxygen atoms in total. The van der Waals surface area contributed by atoms with Crippen LogP contribution in [-0.2, 0) is 16.1 Å². The van der Waals surface area contributed by atoms with Crippen LogP contribution < -0.4 is 5.32 Å². The van der Waals surface area contributed by atoms with Gasteiger partial charge in [-0.15, -0.1) is 0 Å². The van der Waals surface area contributed by atoms with Crippen molar-refractivity contribution < 1.29 is 9.59 Å². The van der Waals surface area contributed by atoms with Crippen LogP contribution in [0.4, 0.5) is 0 Å². The lowest BCUT2D eigenvalue weighted by Gasteiger charge is -2.31. The molecule has 0 aromatic heterocycles. The molecule has 0 saturated carbocycles. The third kappa shape index (κ3) is 5.17. The first kappa shape index (κ1) is 18.2. The van der Waals surface area contributed by atoms with E-state index in [0.29, 0.717) is 19.4 Å². The van der Waals surface area contributed by atoms with Crippen LogP contribution in [0.25, 0.3) is 0 Å². The quantitative estimate of drug-likeness (QED) is 0.841. The van der Waals surface area contributed by atoms with Crippen LogP contribution >= 0.6 is 0 Å². The number of benzene rings is 1. The van der Waals surface area contributed by atoms with Gasteiger partial charge in [-0.1, -0.05) is 43.7 Å². The first-order chi connectivity index (χ1) is 10.4. The largest absolute Gasteiger partial charge is 0.352 e. The van der Waals surface area contributed by atoms with E-state index in [1.807, 2.05) is 52.8 Å². The first-order valence-electron chi connectivity index (χ1n) is 8.04. The second-order valence-electron chi connectivity index (χ2n) is 5.95. The summed E-state index contributed by atoms with van der Waals surface area (Å²) >= 11 is 0. The van der Waals surface area contributed by atoms with Crippen molar-refractivity contribution >= 4 is 11.8 Å². The van der Waals surface area contributed by atoms with E-state index >= 15 is 0 Å². The monoisotopic (exact) mass is 304 g/mol. The Kier molecular flexibility index (Phi) is 7.09. The number of hydrogen-bond donors (Lipinski definition) is 1. The maximum atomic E-state index is 12.4. The number of carbonyl (C=O) groups excluding carboxylic acids is 2. The van der Waals surface area contributed by atoms with Gasteiger partial charge in [0, 0.05) is 19.0 Å². The standard InChI is InChI=1S/C18H28N2O2/c1-6-16(18(22)19-13(3)4)20(17(21)7-2)12-15-10-8-9-14(5)11-15/h8-11,13,16H,6-7,12H2,1-5H3,(H,19,22). The first-order valence-corrected chi connectivity index (χ1v) is 8.04. The number of nitrogens with one attached hydrogen (secondary N) is 1. The molecule has 4 heteroatoms. The fourth-order valence-electron chi connectivity index (χ4n) is 2.51. The summed E-state index contributed by atoms with van der Waals surface area (Å²) in [5, 5.41) is 2.92. The van der Waals surface area contributed by atoms with Gasteiger partial charge in [-0.3, -0.25) is 9.59 Å². The summed E-state index contributed by atoms with van der Waals surface area (Å²) < 4.78 is 0. The minimum absolute atomic E-state index is 0.00672. The van der Waals surface area contributed by atoms with Gasteiger partial charge in [0.25, 0.3) is 0 Å². The van der Waals surface area contributed by atoms with Gasteiger partial charge < -0.3 is 10.2 Å². The predicted octanol–water partition coefficient (Wildman–Crippen LogP) is 3.04. The van der Waals surface area contributed by atoms with Crippen LogP contribution in [0.2, 0.25) is 0 Å². The number of carbonyl (C=O) groups is 2. The molecule has 0 radical (unpaired) electrons. The maximum absolute atomic E-state index is 12.4. The third-order valence-corrected chi connectivity index (χ3v) is 3.55. The third-order valence-electron chi connectivity index (χ3n) is 3.55. The van der Waals surface area contributed by atoms with Crippen molar-refractivity contribution in [2.75, 3.05) is 0 Å². The summed E-state index contributed by atoms with van der Waals surface area (Å²) in [7, 11) is 0. The Labute approximate surface area is 133 Å². The van der Waals surface area contributed by atoms with Crippen molar-refractivity contribution in [2.24, 2.45) is 0 Å². The van der Waals surface area contributed by atoms with E-state index in [4.69, 9.17) is 0 Å². The van der Waals surface area contributed by atoms with Crippen LogP contribution in [0.15, 0.2) is 24.3 Å². The van der Waals surface area contributed by atoms with Gasteiger partial charge in [-0.05, 0) is 32.8 Å². The highest BCUT2D eigenvalue weighted by Gasteiger charge is 2.27. The van der Waals surface area contributed by atoms with E-state index in [0.717, 1.165) is 11.1 Å². The molecule has 1 rings (SSSR count). The highest BCUT2D eigenvalue weighted by atomic mass is 16.2. The molecule has 1 N–H and O–H groups in total. The van der Waals surface area contributed by atoms with Crippen molar-refractivity contribution in [3.8, 4) is 0 Å². The summed E-state index contributed by atoms with van der Waals surface area (Å²) in [4.78, 5) is 26.4. The summed E-state index contributed by atoms with van der Waals surface area (Å²) in [5.41, 5.74) is 2.21. The van der Waals surface area contributed by atoms with Crippen molar-refractivity contribution in [3.63, 3.8) is 0 Å². The number of rotatable bonds is 7. The Bertz CT molecular complexity index is 512. The summed E-state index contributed by atoms with van der Waals surface area (Å²) in [5.74, 6) is -0.0702.